The Morgan fingerprint density at radius 3 is 2.29 bits per heavy atom. The number of hydrogen-bond acceptors (Lipinski definition) is 5. The lowest BCUT2D eigenvalue weighted by molar-refractivity contribution is -0.0000166. The van der Waals surface area contributed by atoms with Crippen molar-refractivity contribution in [1.29, 1.82) is 0 Å². The molecule has 1 heterocycles. The maximum atomic E-state index is 13.7. The number of hydrogen-bond donors (Lipinski definition) is 2. The van der Waals surface area contributed by atoms with E-state index in [2.05, 4.69) is 0 Å². The number of rotatable bonds is 7. The van der Waals surface area contributed by atoms with Crippen LogP contribution in [0.2, 0.25) is 0 Å². The maximum Gasteiger partial charge on any atom is 0.195 e. The first kappa shape index (κ1) is 25.1. The molecule has 4 aromatic rings. The van der Waals surface area contributed by atoms with E-state index in [1.807, 2.05) is 24.3 Å². The third-order valence-electron chi connectivity index (χ3n) is 6.67. The van der Waals surface area contributed by atoms with E-state index in [1.165, 1.54) is 43.4 Å². The number of carbonyl (C=O) groups is 1. The van der Waals surface area contributed by atoms with E-state index in [4.69, 9.17) is 4.74 Å². The van der Waals surface area contributed by atoms with Gasteiger partial charge in [-0.3, -0.25) is 4.79 Å². The van der Waals surface area contributed by atoms with Crippen LogP contribution in [0, 0.1) is 5.92 Å². The standard InChI is InChI=1S/C29H28O4S.ClH/c30-22-10-6-21(7-11-22)29-27(25-15-12-23(31)18-26(25)34-29)28(32)20-8-13-24(14-9-20)33-17-16-19-4-2-1-3-5-19;/h6-15,18-19,30-31H,1-5,16-17H2;1H/p-1. The normalized spacial score (nSPS) is 13.9. The van der Waals surface area contributed by atoms with Gasteiger partial charge in [-0.2, -0.15) is 0 Å². The highest BCUT2D eigenvalue weighted by Crippen LogP contribution is 2.41. The van der Waals surface area contributed by atoms with Gasteiger partial charge in [-0.1, -0.05) is 32.1 Å². The zero-order chi connectivity index (χ0) is 23.5. The van der Waals surface area contributed by atoms with E-state index < -0.39 is 0 Å². The molecule has 182 valence electrons. The predicted molar refractivity (Wildman–Crippen MR) is 137 cm³/mol. The van der Waals surface area contributed by atoms with Crippen molar-refractivity contribution in [2.24, 2.45) is 5.92 Å². The number of phenols is 2. The molecule has 35 heavy (non-hydrogen) atoms. The molecule has 0 atom stereocenters. The van der Waals surface area contributed by atoms with E-state index in [0.717, 1.165) is 38.6 Å². The number of phenolic OH excluding ortho intramolecular Hbond substituents is 2. The number of ketones is 1. The largest absolute Gasteiger partial charge is 1.00 e. The van der Waals surface area contributed by atoms with Crippen LogP contribution in [-0.2, 0) is 0 Å². The van der Waals surface area contributed by atoms with Gasteiger partial charge in [0.15, 0.2) is 5.78 Å². The zero-order valence-electron chi connectivity index (χ0n) is 19.4. The lowest BCUT2D eigenvalue weighted by Crippen LogP contribution is -3.00. The van der Waals surface area contributed by atoms with Gasteiger partial charge in [0.25, 0.3) is 0 Å². The highest BCUT2D eigenvalue weighted by atomic mass is 35.5. The summed E-state index contributed by atoms with van der Waals surface area (Å²) in [5, 5.41) is 20.5. The minimum atomic E-state index is -0.0752. The van der Waals surface area contributed by atoms with Crippen LogP contribution in [0.1, 0.15) is 54.4 Å². The summed E-state index contributed by atoms with van der Waals surface area (Å²) in [6, 6.07) is 19.3. The van der Waals surface area contributed by atoms with Crippen LogP contribution in [0.25, 0.3) is 20.5 Å². The smallest absolute Gasteiger partial charge is 0.195 e. The molecule has 6 heteroatoms. The van der Waals surface area contributed by atoms with Crippen molar-refractivity contribution in [3.63, 3.8) is 0 Å². The average molecular weight is 508 g/mol. The number of carbonyl (C=O) groups excluding carboxylic acids is 1. The van der Waals surface area contributed by atoms with Crippen molar-refractivity contribution in [3.05, 3.63) is 77.9 Å². The summed E-state index contributed by atoms with van der Waals surface area (Å²) in [4.78, 5) is 14.5. The lowest BCUT2D eigenvalue weighted by Gasteiger charge is -2.21. The van der Waals surface area contributed by atoms with Gasteiger partial charge in [-0.15, -0.1) is 11.3 Å². The average Bonchev–Trinajstić information content (AvgIpc) is 3.23. The maximum absolute atomic E-state index is 13.7. The number of aromatic hydroxyl groups is 2. The number of halogens is 1. The van der Waals surface area contributed by atoms with E-state index >= 15 is 0 Å². The van der Waals surface area contributed by atoms with Crippen molar-refractivity contribution >= 4 is 27.2 Å². The van der Waals surface area contributed by atoms with Gasteiger partial charge in [-0.25, -0.2) is 0 Å². The van der Waals surface area contributed by atoms with Crippen molar-refractivity contribution < 1.29 is 32.2 Å². The van der Waals surface area contributed by atoms with E-state index in [9.17, 15) is 15.0 Å². The van der Waals surface area contributed by atoms with Crippen molar-refractivity contribution in [2.45, 2.75) is 38.5 Å². The monoisotopic (exact) mass is 507 g/mol. The van der Waals surface area contributed by atoms with Gasteiger partial charge in [0.05, 0.1) is 6.61 Å². The van der Waals surface area contributed by atoms with Gasteiger partial charge in [0.2, 0.25) is 0 Å². The van der Waals surface area contributed by atoms with Crippen LogP contribution in [0.4, 0.5) is 0 Å². The van der Waals surface area contributed by atoms with Gasteiger partial charge < -0.3 is 27.4 Å². The Hall–Kier alpha value is -3.02. The first-order valence-corrected chi connectivity index (χ1v) is 12.7. The van der Waals surface area contributed by atoms with Crippen LogP contribution in [-0.4, -0.2) is 22.6 Å². The predicted octanol–water partition coefficient (Wildman–Crippen LogP) is 4.56. The highest BCUT2D eigenvalue weighted by Gasteiger charge is 2.22. The third kappa shape index (κ3) is 5.63. The molecule has 2 N–H and O–H groups in total. The molecule has 1 saturated carbocycles. The third-order valence-corrected chi connectivity index (χ3v) is 7.87. The molecule has 0 bridgehead atoms. The summed E-state index contributed by atoms with van der Waals surface area (Å²) in [5.74, 6) is 1.83. The minimum Gasteiger partial charge on any atom is -1.00 e. The van der Waals surface area contributed by atoms with Gasteiger partial charge in [-0.05, 0) is 84.6 Å². The Balaban J connectivity index is 0.00000289. The molecule has 5 rings (SSSR count). The second kappa shape index (κ2) is 11.1. The van der Waals surface area contributed by atoms with Crippen LogP contribution in [0.3, 0.4) is 0 Å². The van der Waals surface area contributed by atoms with Crippen LogP contribution in [0.5, 0.6) is 17.2 Å². The number of ether oxygens (including phenoxy) is 1. The second-order valence-corrected chi connectivity index (χ2v) is 10.1. The van der Waals surface area contributed by atoms with Gasteiger partial charge in [0.1, 0.15) is 17.2 Å². The molecule has 4 nitrogen and oxygen atoms in total. The molecule has 0 saturated heterocycles. The fourth-order valence-electron chi connectivity index (χ4n) is 4.79. The summed E-state index contributed by atoms with van der Waals surface area (Å²) >= 11 is 1.46. The molecule has 1 aromatic heterocycles. The minimum absolute atomic E-state index is 0. The first-order valence-electron chi connectivity index (χ1n) is 11.9. The number of fused-ring (bicyclic) bond motifs is 1. The molecular formula is C29H28ClO4S-. The van der Waals surface area contributed by atoms with Crippen LogP contribution < -0.4 is 17.1 Å². The summed E-state index contributed by atoms with van der Waals surface area (Å²) in [6.45, 7) is 0.710. The molecule has 1 fully saturated rings. The van der Waals surface area contributed by atoms with Gasteiger partial charge in [0, 0.05) is 26.1 Å². The molecule has 1 aliphatic rings. The summed E-state index contributed by atoms with van der Waals surface area (Å²) < 4.78 is 6.80. The van der Waals surface area contributed by atoms with Crippen molar-refractivity contribution in [2.75, 3.05) is 6.61 Å². The van der Waals surface area contributed by atoms with Gasteiger partial charge >= 0.3 is 0 Å². The SMILES string of the molecule is O=C(c1ccc(OCCC2CCCCC2)cc1)c1c(-c2ccc(O)cc2)sc2cc(O)ccc12.[Cl-]. The Bertz CT molecular complexity index is 1290. The van der Waals surface area contributed by atoms with E-state index in [-0.39, 0.29) is 29.7 Å². The topological polar surface area (TPSA) is 66.8 Å². The molecule has 0 aliphatic heterocycles. The van der Waals surface area contributed by atoms with Crippen LogP contribution >= 0.6 is 11.3 Å². The molecule has 0 spiro atoms. The summed E-state index contributed by atoms with van der Waals surface area (Å²) in [5.41, 5.74) is 2.05. The Morgan fingerprint density at radius 2 is 1.57 bits per heavy atom. The molecule has 3 aromatic carbocycles. The summed E-state index contributed by atoms with van der Waals surface area (Å²) in [7, 11) is 0. The Labute approximate surface area is 215 Å². The molecule has 0 unspecified atom stereocenters. The zero-order valence-corrected chi connectivity index (χ0v) is 20.9. The molecule has 1 aliphatic carbocycles. The van der Waals surface area contributed by atoms with E-state index in [1.54, 1.807) is 42.5 Å². The molecular weight excluding hydrogens is 480 g/mol. The highest BCUT2D eigenvalue weighted by molar-refractivity contribution is 7.22. The Morgan fingerprint density at radius 1 is 0.886 bits per heavy atom. The van der Waals surface area contributed by atoms with Crippen molar-refractivity contribution in [3.8, 4) is 27.7 Å². The summed E-state index contributed by atoms with van der Waals surface area (Å²) in [6.07, 6.45) is 7.75. The second-order valence-electron chi connectivity index (χ2n) is 9.03. The number of benzene rings is 3. The van der Waals surface area contributed by atoms with E-state index in [0.29, 0.717) is 17.7 Å². The first-order chi connectivity index (χ1) is 16.6. The lowest BCUT2D eigenvalue weighted by atomic mass is 9.87. The quantitative estimate of drug-likeness (QED) is 0.360. The Kier molecular flexibility index (Phi) is 7.99. The fourth-order valence-corrected chi connectivity index (χ4v) is 6.03. The molecule has 0 radical (unpaired) electrons. The number of thiophene rings is 1. The van der Waals surface area contributed by atoms with Crippen LogP contribution in [0.15, 0.2) is 66.7 Å². The van der Waals surface area contributed by atoms with Crippen molar-refractivity contribution in [1.82, 2.24) is 0 Å². The molecule has 0 amide bonds. The fraction of sp³-hybridized carbons (Fsp3) is 0.276.